The SMILES string of the molecule is CC(=O)Nc1cccc(Nc2ccc(C(=O)Nc3ccc(Cl)cc3C)cn2)c1. The summed E-state index contributed by atoms with van der Waals surface area (Å²) in [7, 11) is 0. The molecule has 1 heterocycles. The van der Waals surface area contributed by atoms with Gasteiger partial charge in [0.05, 0.1) is 5.56 Å². The molecule has 1 aromatic heterocycles. The van der Waals surface area contributed by atoms with E-state index < -0.39 is 0 Å². The van der Waals surface area contributed by atoms with E-state index in [0.29, 0.717) is 27.8 Å². The van der Waals surface area contributed by atoms with Gasteiger partial charge < -0.3 is 16.0 Å². The van der Waals surface area contributed by atoms with Crippen LogP contribution in [0.5, 0.6) is 0 Å². The average molecular weight is 395 g/mol. The maximum atomic E-state index is 12.4. The zero-order chi connectivity index (χ0) is 20.1. The van der Waals surface area contributed by atoms with Gasteiger partial charge in [0, 0.05) is 35.2 Å². The molecule has 0 radical (unpaired) electrons. The molecule has 0 aliphatic rings. The van der Waals surface area contributed by atoms with Gasteiger partial charge in [-0.25, -0.2) is 4.98 Å². The van der Waals surface area contributed by atoms with Crippen LogP contribution in [0.2, 0.25) is 5.02 Å². The fourth-order valence-electron chi connectivity index (χ4n) is 2.59. The Morgan fingerprint density at radius 3 is 2.43 bits per heavy atom. The molecule has 0 saturated heterocycles. The molecule has 0 aliphatic heterocycles. The van der Waals surface area contributed by atoms with Crippen molar-refractivity contribution in [3.63, 3.8) is 0 Å². The summed E-state index contributed by atoms with van der Waals surface area (Å²) in [5.74, 6) is 0.192. The van der Waals surface area contributed by atoms with Crippen LogP contribution in [0.3, 0.4) is 0 Å². The quantitative estimate of drug-likeness (QED) is 0.568. The fourth-order valence-corrected chi connectivity index (χ4v) is 2.82. The van der Waals surface area contributed by atoms with Gasteiger partial charge in [0.2, 0.25) is 5.91 Å². The van der Waals surface area contributed by atoms with Crippen molar-refractivity contribution in [3.8, 4) is 0 Å². The zero-order valence-corrected chi connectivity index (χ0v) is 16.2. The van der Waals surface area contributed by atoms with E-state index in [1.54, 1.807) is 42.5 Å². The summed E-state index contributed by atoms with van der Waals surface area (Å²) in [5.41, 5.74) is 3.48. The second kappa shape index (κ2) is 8.54. The van der Waals surface area contributed by atoms with Gasteiger partial charge in [-0.2, -0.15) is 0 Å². The summed E-state index contributed by atoms with van der Waals surface area (Å²) in [4.78, 5) is 27.9. The van der Waals surface area contributed by atoms with Gasteiger partial charge in [-0.1, -0.05) is 17.7 Å². The minimum Gasteiger partial charge on any atom is -0.340 e. The molecule has 3 rings (SSSR count). The molecule has 0 atom stereocenters. The Hall–Kier alpha value is -3.38. The third-order valence-corrected chi connectivity index (χ3v) is 4.15. The Morgan fingerprint density at radius 2 is 1.75 bits per heavy atom. The molecular weight excluding hydrogens is 376 g/mol. The molecular formula is C21H19ClN4O2. The molecule has 0 bridgehead atoms. The second-order valence-corrected chi connectivity index (χ2v) is 6.67. The minimum absolute atomic E-state index is 0.137. The van der Waals surface area contributed by atoms with Gasteiger partial charge >= 0.3 is 0 Å². The van der Waals surface area contributed by atoms with Crippen molar-refractivity contribution in [3.05, 3.63) is 76.9 Å². The number of aromatic nitrogens is 1. The molecule has 3 aromatic rings. The molecule has 2 aromatic carbocycles. The summed E-state index contributed by atoms with van der Waals surface area (Å²) in [6.45, 7) is 3.33. The topological polar surface area (TPSA) is 83.1 Å². The zero-order valence-electron chi connectivity index (χ0n) is 15.4. The number of pyridine rings is 1. The van der Waals surface area contributed by atoms with Crippen molar-refractivity contribution in [2.75, 3.05) is 16.0 Å². The fraction of sp³-hybridized carbons (Fsp3) is 0.0952. The maximum Gasteiger partial charge on any atom is 0.257 e. The Bertz CT molecular complexity index is 1020. The molecule has 142 valence electrons. The van der Waals surface area contributed by atoms with Gasteiger partial charge in [0.1, 0.15) is 5.82 Å². The van der Waals surface area contributed by atoms with Crippen molar-refractivity contribution < 1.29 is 9.59 Å². The minimum atomic E-state index is -0.253. The van der Waals surface area contributed by atoms with Crippen molar-refractivity contribution in [2.24, 2.45) is 0 Å². The lowest BCUT2D eigenvalue weighted by Gasteiger charge is -2.10. The van der Waals surface area contributed by atoms with Crippen LogP contribution in [-0.4, -0.2) is 16.8 Å². The van der Waals surface area contributed by atoms with E-state index in [9.17, 15) is 9.59 Å². The van der Waals surface area contributed by atoms with Crippen LogP contribution in [0.4, 0.5) is 22.9 Å². The van der Waals surface area contributed by atoms with E-state index in [-0.39, 0.29) is 11.8 Å². The number of aryl methyl sites for hydroxylation is 1. The highest BCUT2D eigenvalue weighted by molar-refractivity contribution is 6.30. The molecule has 0 aliphatic carbocycles. The van der Waals surface area contributed by atoms with E-state index in [2.05, 4.69) is 20.9 Å². The number of rotatable bonds is 5. The molecule has 2 amide bonds. The molecule has 0 fully saturated rings. The summed E-state index contributed by atoms with van der Waals surface area (Å²) >= 11 is 5.94. The lowest BCUT2D eigenvalue weighted by molar-refractivity contribution is -0.114. The number of anilines is 4. The first-order valence-electron chi connectivity index (χ1n) is 8.59. The molecule has 3 N–H and O–H groups in total. The number of benzene rings is 2. The highest BCUT2D eigenvalue weighted by Gasteiger charge is 2.09. The first-order valence-corrected chi connectivity index (χ1v) is 8.97. The number of amides is 2. The Kier molecular flexibility index (Phi) is 5.91. The largest absolute Gasteiger partial charge is 0.340 e. The highest BCUT2D eigenvalue weighted by Crippen LogP contribution is 2.21. The van der Waals surface area contributed by atoms with Crippen LogP contribution in [0, 0.1) is 6.92 Å². The number of carbonyl (C=O) groups excluding carboxylic acids is 2. The average Bonchev–Trinajstić information content (AvgIpc) is 2.64. The van der Waals surface area contributed by atoms with Crippen LogP contribution in [0.15, 0.2) is 60.8 Å². The van der Waals surface area contributed by atoms with Crippen molar-refractivity contribution >= 4 is 46.3 Å². The summed E-state index contributed by atoms with van der Waals surface area (Å²) in [5, 5.41) is 9.34. The molecule has 0 unspecified atom stereocenters. The van der Waals surface area contributed by atoms with E-state index in [1.807, 2.05) is 19.1 Å². The predicted octanol–water partition coefficient (Wildman–Crippen LogP) is 5.00. The second-order valence-electron chi connectivity index (χ2n) is 6.23. The summed E-state index contributed by atoms with van der Waals surface area (Å²) < 4.78 is 0. The lowest BCUT2D eigenvalue weighted by atomic mass is 10.2. The van der Waals surface area contributed by atoms with Crippen molar-refractivity contribution in [2.45, 2.75) is 13.8 Å². The normalized spacial score (nSPS) is 10.2. The highest BCUT2D eigenvalue weighted by atomic mass is 35.5. The number of hydrogen-bond acceptors (Lipinski definition) is 4. The number of hydrogen-bond donors (Lipinski definition) is 3. The lowest BCUT2D eigenvalue weighted by Crippen LogP contribution is -2.13. The standard InChI is InChI=1S/C21H19ClN4O2/c1-13-10-16(22)7-8-19(13)26-21(28)15-6-9-20(23-12-15)25-18-5-3-4-17(11-18)24-14(2)27/h3-12H,1-2H3,(H,23,25)(H,24,27)(H,26,28). The summed E-state index contributed by atoms with van der Waals surface area (Å²) in [6, 6.07) is 16.0. The third-order valence-electron chi connectivity index (χ3n) is 3.92. The van der Waals surface area contributed by atoms with Gasteiger partial charge in [-0.15, -0.1) is 0 Å². The van der Waals surface area contributed by atoms with Gasteiger partial charge in [-0.05, 0) is 61.0 Å². The smallest absolute Gasteiger partial charge is 0.257 e. The molecule has 0 saturated carbocycles. The Labute approximate surface area is 168 Å². The predicted molar refractivity (Wildman–Crippen MR) is 112 cm³/mol. The molecule has 0 spiro atoms. The van der Waals surface area contributed by atoms with Crippen molar-refractivity contribution in [1.29, 1.82) is 0 Å². The summed E-state index contributed by atoms with van der Waals surface area (Å²) in [6.07, 6.45) is 1.50. The van der Waals surface area contributed by atoms with E-state index in [1.165, 1.54) is 13.1 Å². The third kappa shape index (κ3) is 5.08. The van der Waals surface area contributed by atoms with E-state index in [0.717, 1.165) is 11.3 Å². The Balaban J connectivity index is 1.67. The van der Waals surface area contributed by atoms with Gasteiger partial charge in [0.25, 0.3) is 5.91 Å². The number of carbonyl (C=O) groups is 2. The van der Waals surface area contributed by atoms with Crippen LogP contribution in [-0.2, 0) is 4.79 Å². The monoisotopic (exact) mass is 394 g/mol. The molecule has 7 heteroatoms. The van der Waals surface area contributed by atoms with Gasteiger partial charge in [0.15, 0.2) is 0 Å². The van der Waals surface area contributed by atoms with Crippen LogP contribution in [0.1, 0.15) is 22.8 Å². The number of halogens is 1. The van der Waals surface area contributed by atoms with Crippen LogP contribution >= 0.6 is 11.6 Å². The van der Waals surface area contributed by atoms with E-state index in [4.69, 9.17) is 11.6 Å². The van der Waals surface area contributed by atoms with Gasteiger partial charge in [-0.3, -0.25) is 9.59 Å². The first-order chi connectivity index (χ1) is 13.4. The first kappa shape index (κ1) is 19.4. The Morgan fingerprint density at radius 1 is 0.964 bits per heavy atom. The number of nitrogens with one attached hydrogen (secondary N) is 3. The van der Waals surface area contributed by atoms with Crippen molar-refractivity contribution in [1.82, 2.24) is 4.98 Å². The van der Waals surface area contributed by atoms with Crippen LogP contribution < -0.4 is 16.0 Å². The molecule has 6 nitrogen and oxygen atoms in total. The van der Waals surface area contributed by atoms with Crippen LogP contribution in [0.25, 0.3) is 0 Å². The molecule has 28 heavy (non-hydrogen) atoms. The van der Waals surface area contributed by atoms with E-state index >= 15 is 0 Å². The number of nitrogens with zero attached hydrogens (tertiary/aromatic N) is 1. The maximum absolute atomic E-state index is 12.4.